The van der Waals surface area contributed by atoms with Gasteiger partial charge in [0.05, 0.1) is 37.9 Å². The largest absolute Gasteiger partial charge is 0.486 e. The predicted octanol–water partition coefficient (Wildman–Crippen LogP) is 6.76. The van der Waals surface area contributed by atoms with Gasteiger partial charge in [-0.25, -0.2) is 9.79 Å². The molecule has 1 aliphatic heterocycles. The number of carbonyl (C=O) groups excluding carboxylic acids is 1. The number of nitrogens with zero attached hydrogens (tertiary/aromatic N) is 2. The van der Waals surface area contributed by atoms with Crippen molar-refractivity contribution in [2.24, 2.45) is 4.99 Å². The highest BCUT2D eigenvalue weighted by Crippen LogP contribution is 2.35. The first-order valence-corrected chi connectivity index (χ1v) is 15.1. The summed E-state index contributed by atoms with van der Waals surface area (Å²) in [6.45, 7) is 6.04. The highest BCUT2D eigenvalue weighted by atomic mass is 79.9. The molecule has 0 radical (unpaired) electrons. The van der Waals surface area contributed by atoms with Gasteiger partial charge in [-0.3, -0.25) is 9.36 Å². The highest BCUT2D eigenvalue weighted by Gasteiger charge is 2.33. The molecule has 0 unspecified atom stereocenters. The van der Waals surface area contributed by atoms with Crippen LogP contribution in [0.5, 0.6) is 5.75 Å². The second-order valence-electron chi connectivity index (χ2n) is 9.44. The summed E-state index contributed by atoms with van der Waals surface area (Å²) in [4.78, 5) is 32.0. The van der Waals surface area contributed by atoms with Crippen molar-refractivity contribution in [3.63, 3.8) is 0 Å². The van der Waals surface area contributed by atoms with E-state index in [2.05, 4.69) is 20.9 Å². The second-order valence-corrected chi connectivity index (χ2v) is 12.1. The third-order valence-corrected chi connectivity index (χ3v) is 8.63. The van der Waals surface area contributed by atoms with Crippen LogP contribution in [0.15, 0.2) is 86.2 Å². The quantitative estimate of drug-likeness (QED) is 0.204. The molecule has 0 fully saturated rings. The number of benzene rings is 3. The standard InChI is InChI=1S/C31H25BrCl2N2O4S/c1-4-39-30(38)26-18(3)35-31-36(27(26)21-9-5-17(2)6-10-21)29(37)25(41-31)15-20-13-23(32)28(24(34)14-20)40-16-19-7-11-22(33)12-8-19/h5-15,27H,4,16H2,1-3H3/b25-15+/t27-/m0/s1. The van der Waals surface area contributed by atoms with Crippen LogP contribution >= 0.6 is 50.5 Å². The minimum absolute atomic E-state index is 0.218. The van der Waals surface area contributed by atoms with E-state index in [0.29, 0.717) is 53.0 Å². The van der Waals surface area contributed by atoms with Gasteiger partial charge >= 0.3 is 5.97 Å². The number of aromatic nitrogens is 1. The van der Waals surface area contributed by atoms with Gasteiger partial charge in [-0.2, -0.15) is 0 Å². The molecule has 6 nitrogen and oxygen atoms in total. The maximum absolute atomic E-state index is 13.9. The lowest BCUT2D eigenvalue weighted by Crippen LogP contribution is -2.39. The van der Waals surface area contributed by atoms with E-state index in [1.165, 1.54) is 11.3 Å². The molecular weight excluding hydrogens is 647 g/mol. The number of esters is 1. The number of hydrogen-bond donors (Lipinski definition) is 0. The second kappa shape index (κ2) is 12.4. The topological polar surface area (TPSA) is 69.9 Å². The molecule has 0 amide bonds. The molecule has 1 aromatic heterocycles. The first kappa shape index (κ1) is 29.3. The van der Waals surface area contributed by atoms with Crippen LogP contribution in [0.3, 0.4) is 0 Å². The fraction of sp³-hybridized carbons (Fsp3) is 0.194. The van der Waals surface area contributed by atoms with Gasteiger partial charge in [0, 0.05) is 5.02 Å². The van der Waals surface area contributed by atoms with Gasteiger partial charge in [0.1, 0.15) is 6.61 Å². The van der Waals surface area contributed by atoms with Crippen LogP contribution in [0.25, 0.3) is 6.08 Å². The number of allylic oxidation sites excluding steroid dienone is 1. The number of carbonyl (C=O) groups is 1. The molecule has 0 bridgehead atoms. The molecule has 3 aromatic carbocycles. The zero-order chi connectivity index (χ0) is 29.3. The predicted molar refractivity (Wildman–Crippen MR) is 167 cm³/mol. The van der Waals surface area contributed by atoms with E-state index in [4.69, 9.17) is 32.7 Å². The Morgan fingerprint density at radius 2 is 1.80 bits per heavy atom. The van der Waals surface area contributed by atoms with E-state index in [1.54, 1.807) is 42.7 Å². The van der Waals surface area contributed by atoms with Gasteiger partial charge in [0.25, 0.3) is 5.56 Å². The van der Waals surface area contributed by atoms with Gasteiger partial charge in [-0.15, -0.1) is 0 Å². The lowest BCUT2D eigenvalue weighted by atomic mass is 9.95. The van der Waals surface area contributed by atoms with Crippen molar-refractivity contribution < 1.29 is 14.3 Å². The lowest BCUT2D eigenvalue weighted by Gasteiger charge is -2.24. The fourth-order valence-electron chi connectivity index (χ4n) is 4.54. The van der Waals surface area contributed by atoms with Gasteiger partial charge in [0.15, 0.2) is 10.6 Å². The molecule has 1 atom stereocenters. The molecule has 10 heteroatoms. The zero-order valence-electron chi connectivity index (χ0n) is 22.4. The van der Waals surface area contributed by atoms with Gasteiger partial charge in [-0.1, -0.05) is 76.5 Å². The Balaban J connectivity index is 1.54. The minimum atomic E-state index is -0.660. The number of fused-ring (bicyclic) bond motifs is 1. The molecule has 41 heavy (non-hydrogen) atoms. The maximum atomic E-state index is 13.9. The Morgan fingerprint density at radius 3 is 2.46 bits per heavy atom. The monoisotopic (exact) mass is 670 g/mol. The van der Waals surface area contributed by atoms with Crippen LogP contribution in [0, 0.1) is 6.92 Å². The van der Waals surface area contributed by atoms with E-state index in [1.807, 2.05) is 49.4 Å². The summed E-state index contributed by atoms with van der Waals surface area (Å²) in [6, 6.07) is 18.1. The smallest absolute Gasteiger partial charge is 0.338 e. The average Bonchev–Trinajstić information content (AvgIpc) is 3.23. The Morgan fingerprint density at radius 1 is 1.10 bits per heavy atom. The average molecular weight is 672 g/mol. The Kier molecular flexibility index (Phi) is 8.85. The summed E-state index contributed by atoms with van der Waals surface area (Å²) in [5, 5.41) is 1.05. The van der Waals surface area contributed by atoms with Crippen molar-refractivity contribution in [2.75, 3.05) is 6.61 Å². The Bertz CT molecular complexity index is 1820. The van der Waals surface area contributed by atoms with Gasteiger partial charge in [0.2, 0.25) is 0 Å². The summed E-state index contributed by atoms with van der Waals surface area (Å²) in [6.07, 6.45) is 1.76. The van der Waals surface area contributed by atoms with Crippen molar-refractivity contribution in [2.45, 2.75) is 33.4 Å². The first-order chi connectivity index (χ1) is 19.7. The highest BCUT2D eigenvalue weighted by molar-refractivity contribution is 9.10. The summed E-state index contributed by atoms with van der Waals surface area (Å²) in [5.74, 6) is 0.00723. The molecule has 0 saturated heterocycles. The molecule has 0 aliphatic carbocycles. The minimum Gasteiger partial charge on any atom is -0.486 e. The normalized spacial score (nSPS) is 15.0. The summed E-state index contributed by atoms with van der Waals surface area (Å²) in [5.41, 5.74) is 4.14. The van der Waals surface area contributed by atoms with E-state index in [-0.39, 0.29) is 12.2 Å². The lowest BCUT2D eigenvalue weighted by molar-refractivity contribution is -0.139. The summed E-state index contributed by atoms with van der Waals surface area (Å²) in [7, 11) is 0. The van der Waals surface area contributed by atoms with Gasteiger partial charge in [-0.05, 0) is 83.7 Å². The van der Waals surface area contributed by atoms with E-state index < -0.39 is 12.0 Å². The van der Waals surface area contributed by atoms with Crippen LogP contribution in [0.1, 0.15) is 42.1 Å². The van der Waals surface area contributed by atoms with E-state index in [9.17, 15) is 9.59 Å². The third-order valence-electron chi connectivity index (χ3n) is 6.52. The van der Waals surface area contributed by atoms with Crippen molar-refractivity contribution in [1.82, 2.24) is 4.57 Å². The van der Waals surface area contributed by atoms with Gasteiger partial charge < -0.3 is 9.47 Å². The molecule has 1 aliphatic rings. The van der Waals surface area contributed by atoms with Crippen molar-refractivity contribution in [3.05, 3.63) is 128 Å². The third kappa shape index (κ3) is 6.21. The Labute approximate surface area is 259 Å². The van der Waals surface area contributed by atoms with Crippen LogP contribution in [0.4, 0.5) is 0 Å². The number of thiazole rings is 1. The molecule has 0 N–H and O–H groups in total. The number of halogens is 3. The number of hydrogen-bond acceptors (Lipinski definition) is 6. The first-order valence-electron chi connectivity index (χ1n) is 12.8. The number of aryl methyl sites for hydroxylation is 1. The number of ether oxygens (including phenoxy) is 2. The van der Waals surface area contributed by atoms with Crippen LogP contribution in [-0.2, 0) is 16.1 Å². The van der Waals surface area contributed by atoms with Crippen LogP contribution in [0.2, 0.25) is 10.0 Å². The SMILES string of the molecule is CCOC(=O)C1=C(C)N=c2s/c(=C/c3cc(Cl)c(OCc4ccc(Cl)cc4)c(Br)c3)c(=O)n2[C@H]1c1ccc(C)cc1. The molecule has 0 spiro atoms. The summed E-state index contributed by atoms with van der Waals surface area (Å²) < 4.78 is 14.0. The Hall–Kier alpha value is -3.17. The van der Waals surface area contributed by atoms with Crippen molar-refractivity contribution >= 4 is 62.5 Å². The molecule has 0 saturated carbocycles. The fourth-order valence-corrected chi connectivity index (χ4v) is 6.71. The van der Waals surface area contributed by atoms with Crippen LogP contribution in [-0.4, -0.2) is 17.1 Å². The van der Waals surface area contributed by atoms with E-state index >= 15 is 0 Å². The maximum Gasteiger partial charge on any atom is 0.338 e. The molecule has 4 aromatic rings. The molecule has 210 valence electrons. The molecule has 5 rings (SSSR count). The van der Waals surface area contributed by atoms with Crippen LogP contribution < -0.4 is 19.6 Å². The summed E-state index contributed by atoms with van der Waals surface area (Å²) >= 11 is 17.4. The zero-order valence-corrected chi connectivity index (χ0v) is 26.3. The molecule has 2 heterocycles. The van der Waals surface area contributed by atoms with Crippen molar-refractivity contribution in [3.8, 4) is 5.75 Å². The van der Waals surface area contributed by atoms with Crippen molar-refractivity contribution in [1.29, 1.82) is 0 Å². The molecular formula is C31H25BrCl2N2O4S. The van der Waals surface area contributed by atoms with E-state index in [0.717, 1.165) is 16.7 Å². The number of rotatable bonds is 7.